The number of nitrogens with zero attached hydrogens (tertiary/aromatic N) is 3. The van der Waals surface area contributed by atoms with Gasteiger partial charge in [-0.2, -0.15) is 0 Å². The number of rotatable bonds is 7. The second-order valence-electron chi connectivity index (χ2n) is 6.67. The molecule has 0 bridgehead atoms. The second kappa shape index (κ2) is 8.87. The number of fused-ring (bicyclic) bond motifs is 1. The lowest BCUT2D eigenvalue weighted by Crippen LogP contribution is -2.22. The van der Waals surface area contributed by atoms with E-state index in [-0.39, 0.29) is 11.4 Å². The van der Waals surface area contributed by atoms with E-state index in [1.807, 2.05) is 26.2 Å². The van der Waals surface area contributed by atoms with E-state index in [4.69, 9.17) is 9.72 Å². The van der Waals surface area contributed by atoms with Crippen LogP contribution in [0.3, 0.4) is 0 Å². The molecule has 5 nitrogen and oxygen atoms in total. The molecule has 0 spiro atoms. The Morgan fingerprint density at radius 3 is 2.70 bits per heavy atom. The number of hydrogen-bond donors (Lipinski definition) is 0. The van der Waals surface area contributed by atoms with Crippen LogP contribution < -0.4 is 10.3 Å². The second-order valence-corrected chi connectivity index (χ2v) is 9.76. The fourth-order valence-corrected chi connectivity index (χ4v) is 5.83. The third-order valence-electron chi connectivity index (χ3n) is 4.69. The highest BCUT2D eigenvalue weighted by Crippen LogP contribution is 2.29. The first-order valence-corrected chi connectivity index (χ1v) is 12.1. The molecule has 0 atom stereocenters. The van der Waals surface area contributed by atoms with Crippen molar-refractivity contribution in [2.75, 3.05) is 0 Å². The van der Waals surface area contributed by atoms with Gasteiger partial charge in [0.25, 0.3) is 5.56 Å². The van der Waals surface area contributed by atoms with Crippen LogP contribution in [0.15, 0.2) is 39.6 Å². The van der Waals surface area contributed by atoms with E-state index < -0.39 is 0 Å². The minimum absolute atomic E-state index is 0.0264. The molecule has 0 aliphatic carbocycles. The Kier molecular flexibility index (Phi) is 6.21. The van der Waals surface area contributed by atoms with Crippen molar-refractivity contribution in [1.82, 2.24) is 14.5 Å². The van der Waals surface area contributed by atoms with Crippen molar-refractivity contribution in [3.8, 4) is 5.75 Å². The molecule has 4 aromatic rings. The van der Waals surface area contributed by atoms with Crippen LogP contribution in [0.25, 0.3) is 10.2 Å². The SMILES string of the molecule is CCn1c(SCc2csc(COc3ccc(F)cc3)n2)nc2sc(C)c(C)c2c1=O. The van der Waals surface area contributed by atoms with Gasteiger partial charge in [0.05, 0.1) is 11.1 Å². The van der Waals surface area contributed by atoms with Gasteiger partial charge in [0, 0.05) is 22.6 Å². The number of hydrogen-bond acceptors (Lipinski definition) is 7. The number of thioether (sulfide) groups is 1. The minimum atomic E-state index is -0.291. The maximum Gasteiger partial charge on any atom is 0.263 e. The summed E-state index contributed by atoms with van der Waals surface area (Å²) < 4.78 is 20.4. The van der Waals surface area contributed by atoms with Crippen LogP contribution in [0.2, 0.25) is 0 Å². The predicted octanol–water partition coefficient (Wildman–Crippen LogP) is 5.56. The molecule has 1 aromatic carbocycles. The average Bonchev–Trinajstić information content (AvgIpc) is 3.30. The zero-order chi connectivity index (χ0) is 21.3. The van der Waals surface area contributed by atoms with Crippen molar-refractivity contribution in [3.05, 3.63) is 67.0 Å². The van der Waals surface area contributed by atoms with E-state index in [0.29, 0.717) is 29.8 Å². The molecule has 0 aliphatic rings. The quantitative estimate of drug-likeness (QED) is 0.266. The summed E-state index contributed by atoms with van der Waals surface area (Å²) in [4.78, 5) is 24.2. The maximum absolute atomic E-state index is 13.0. The van der Waals surface area contributed by atoms with Crippen molar-refractivity contribution in [3.63, 3.8) is 0 Å². The smallest absolute Gasteiger partial charge is 0.263 e. The number of aryl methyl sites for hydroxylation is 2. The molecule has 0 saturated heterocycles. The Bertz CT molecular complexity index is 1250. The van der Waals surface area contributed by atoms with E-state index in [1.54, 1.807) is 28.0 Å². The highest BCUT2D eigenvalue weighted by molar-refractivity contribution is 7.98. The Morgan fingerprint density at radius 1 is 1.20 bits per heavy atom. The summed E-state index contributed by atoms with van der Waals surface area (Å²) in [5.74, 6) is 0.934. The highest BCUT2D eigenvalue weighted by atomic mass is 32.2. The summed E-state index contributed by atoms with van der Waals surface area (Å²) >= 11 is 4.60. The van der Waals surface area contributed by atoms with Gasteiger partial charge >= 0.3 is 0 Å². The number of halogens is 1. The van der Waals surface area contributed by atoms with Crippen LogP contribution in [0, 0.1) is 19.7 Å². The molecule has 0 radical (unpaired) electrons. The van der Waals surface area contributed by atoms with Gasteiger partial charge in [0.2, 0.25) is 0 Å². The zero-order valence-corrected chi connectivity index (χ0v) is 19.2. The molecule has 0 amide bonds. The molecule has 3 heterocycles. The summed E-state index contributed by atoms with van der Waals surface area (Å²) in [6.45, 7) is 6.87. The van der Waals surface area contributed by atoms with Gasteiger partial charge in [0.1, 0.15) is 28.0 Å². The van der Waals surface area contributed by atoms with Crippen molar-refractivity contribution in [1.29, 1.82) is 0 Å². The molecule has 0 N–H and O–H groups in total. The standard InChI is InChI=1S/C21H20FN3O2S3/c1-4-25-20(26)18-12(2)13(3)30-19(18)24-21(25)29-11-15-10-28-17(23-15)9-27-16-7-5-14(22)6-8-16/h5-8,10H,4,9,11H2,1-3H3. The van der Waals surface area contributed by atoms with Crippen LogP contribution >= 0.6 is 34.4 Å². The Hall–Kier alpha value is -2.23. The number of benzene rings is 1. The van der Waals surface area contributed by atoms with E-state index in [0.717, 1.165) is 31.4 Å². The Balaban J connectivity index is 1.46. The Labute approximate surface area is 185 Å². The Morgan fingerprint density at radius 2 is 1.97 bits per heavy atom. The molecule has 4 rings (SSSR count). The summed E-state index contributed by atoms with van der Waals surface area (Å²) in [7, 11) is 0. The lowest BCUT2D eigenvalue weighted by atomic mass is 10.2. The molecule has 30 heavy (non-hydrogen) atoms. The summed E-state index contributed by atoms with van der Waals surface area (Å²) in [5.41, 5.74) is 1.97. The molecule has 0 saturated carbocycles. The largest absolute Gasteiger partial charge is 0.486 e. The normalized spacial score (nSPS) is 11.3. The molecule has 0 unspecified atom stereocenters. The lowest BCUT2D eigenvalue weighted by Gasteiger charge is -2.09. The van der Waals surface area contributed by atoms with Crippen molar-refractivity contribution in [2.24, 2.45) is 0 Å². The molecular weight excluding hydrogens is 441 g/mol. The highest BCUT2D eigenvalue weighted by Gasteiger charge is 2.16. The van der Waals surface area contributed by atoms with E-state index in [9.17, 15) is 9.18 Å². The number of thiophene rings is 1. The molecule has 0 fully saturated rings. The van der Waals surface area contributed by atoms with Gasteiger partial charge in [-0.25, -0.2) is 14.4 Å². The van der Waals surface area contributed by atoms with E-state index >= 15 is 0 Å². The van der Waals surface area contributed by atoms with Crippen molar-refractivity contribution >= 4 is 44.7 Å². The van der Waals surface area contributed by atoms with Gasteiger partial charge in [-0.15, -0.1) is 22.7 Å². The molecule has 9 heteroatoms. The van der Waals surface area contributed by atoms with Crippen molar-refractivity contribution in [2.45, 2.75) is 44.8 Å². The fraction of sp³-hybridized carbons (Fsp3) is 0.286. The molecule has 156 valence electrons. The first-order valence-electron chi connectivity index (χ1n) is 9.41. The van der Waals surface area contributed by atoms with Crippen LogP contribution in [0.5, 0.6) is 5.75 Å². The first-order chi connectivity index (χ1) is 14.5. The van der Waals surface area contributed by atoms with Crippen LogP contribution in [-0.4, -0.2) is 14.5 Å². The van der Waals surface area contributed by atoms with Crippen LogP contribution in [0.4, 0.5) is 4.39 Å². The van der Waals surface area contributed by atoms with E-state index in [1.165, 1.54) is 35.2 Å². The maximum atomic E-state index is 13.0. The fourth-order valence-electron chi connectivity index (χ4n) is 2.99. The third-order valence-corrected chi connectivity index (χ3v) is 7.68. The number of aromatic nitrogens is 3. The third kappa shape index (κ3) is 4.28. The minimum Gasteiger partial charge on any atom is -0.486 e. The summed E-state index contributed by atoms with van der Waals surface area (Å²) in [6.07, 6.45) is 0. The van der Waals surface area contributed by atoms with Gasteiger partial charge in [-0.3, -0.25) is 9.36 Å². The monoisotopic (exact) mass is 461 g/mol. The van der Waals surface area contributed by atoms with Crippen LogP contribution in [0.1, 0.15) is 28.1 Å². The molecular formula is C21H20FN3O2S3. The van der Waals surface area contributed by atoms with E-state index in [2.05, 4.69) is 4.98 Å². The summed E-state index contributed by atoms with van der Waals surface area (Å²) in [5, 5.41) is 4.28. The number of thiazole rings is 1. The van der Waals surface area contributed by atoms with Crippen molar-refractivity contribution < 1.29 is 9.13 Å². The number of ether oxygens (including phenoxy) is 1. The van der Waals surface area contributed by atoms with Gasteiger partial charge in [-0.1, -0.05) is 11.8 Å². The molecule has 0 aliphatic heterocycles. The van der Waals surface area contributed by atoms with Crippen LogP contribution in [-0.2, 0) is 18.9 Å². The predicted molar refractivity (Wildman–Crippen MR) is 121 cm³/mol. The average molecular weight is 462 g/mol. The van der Waals surface area contributed by atoms with Gasteiger partial charge in [-0.05, 0) is 50.6 Å². The molecule has 3 aromatic heterocycles. The summed E-state index contributed by atoms with van der Waals surface area (Å²) in [6, 6.07) is 5.93. The zero-order valence-electron chi connectivity index (χ0n) is 16.8. The lowest BCUT2D eigenvalue weighted by molar-refractivity contribution is 0.305. The van der Waals surface area contributed by atoms with Gasteiger partial charge in [0.15, 0.2) is 5.16 Å². The topological polar surface area (TPSA) is 57.0 Å². The first kappa shape index (κ1) is 21.0. The van der Waals surface area contributed by atoms with Gasteiger partial charge < -0.3 is 4.74 Å².